The molecule has 0 radical (unpaired) electrons. The van der Waals surface area contributed by atoms with Crippen LogP contribution in [0.2, 0.25) is 0 Å². The van der Waals surface area contributed by atoms with Crippen molar-refractivity contribution >= 4 is 16.9 Å². The first-order valence-corrected chi connectivity index (χ1v) is 8.91. The van der Waals surface area contributed by atoms with Crippen LogP contribution in [0.1, 0.15) is 51.9 Å². The molecule has 1 atom stereocenters. The Bertz CT molecular complexity index is 521. The van der Waals surface area contributed by atoms with E-state index in [2.05, 4.69) is 24.0 Å². The number of fused-ring (bicyclic) bond motifs is 1. The largest absolute Gasteiger partial charge is 0.481 e. The van der Waals surface area contributed by atoms with Crippen molar-refractivity contribution in [3.63, 3.8) is 0 Å². The van der Waals surface area contributed by atoms with Gasteiger partial charge in [0.05, 0.1) is 11.4 Å². The number of carbonyl (C=O) groups is 1. The molecule has 1 aromatic carbocycles. The third-order valence-electron chi connectivity index (χ3n) is 4.02. The Labute approximate surface area is 145 Å². The van der Waals surface area contributed by atoms with E-state index in [0.29, 0.717) is 6.54 Å². The Morgan fingerprint density at radius 2 is 1.79 bits per heavy atom. The summed E-state index contributed by atoms with van der Waals surface area (Å²) in [6.45, 7) is 2.75. The number of hydrogen-bond donors (Lipinski definition) is 2. The topological polar surface area (TPSA) is 76.2 Å². The molecule has 0 saturated heterocycles. The lowest BCUT2D eigenvalue weighted by atomic mass is 9.96. The van der Waals surface area contributed by atoms with Gasteiger partial charge in [0.2, 0.25) is 0 Å². The lowest BCUT2D eigenvalue weighted by molar-refractivity contribution is -0.142. The molecule has 0 bridgehead atoms. The van der Waals surface area contributed by atoms with Crippen molar-refractivity contribution in [2.45, 2.75) is 51.9 Å². The molecule has 2 rings (SSSR count). The van der Waals surface area contributed by atoms with E-state index in [1.54, 1.807) is 0 Å². The van der Waals surface area contributed by atoms with E-state index in [9.17, 15) is 4.79 Å². The van der Waals surface area contributed by atoms with Gasteiger partial charge < -0.3 is 10.8 Å². The van der Waals surface area contributed by atoms with E-state index in [4.69, 9.17) is 10.8 Å². The number of nitrogens with zero attached hydrogens (tertiary/aromatic N) is 1. The first-order valence-electron chi connectivity index (χ1n) is 8.91. The lowest BCUT2D eigenvalue weighted by Crippen LogP contribution is -2.15. The van der Waals surface area contributed by atoms with E-state index in [1.807, 2.05) is 30.5 Å². The molecule has 4 nitrogen and oxygen atoms in total. The normalized spacial score (nSPS) is 11.6. The summed E-state index contributed by atoms with van der Waals surface area (Å²) in [6.07, 6.45) is 8.78. The van der Waals surface area contributed by atoms with Gasteiger partial charge in [0, 0.05) is 11.6 Å². The number of aliphatic carboxylic acids is 1. The monoisotopic (exact) mass is 330 g/mol. The summed E-state index contributed by atoms with van der Waals surface area (Å²) >= 11 is 0. The summed E-state index contributed by atoms with van der Waals surface area (Å²) in [6, 6.07) is 12.1. The minimum absolute atomic E-state index is 0.171. The smallest absolute Gasteiger partial charge is 0.306 e. The molecular formula is C20H30N2O2. The maximum atomic E-state index is 10.8. The Hall–Kier alpha value is -1.94. The van der Waals surface area contributed by atoms with Crippen LogP contribution in [0.15, 0.2) is 42.6 Å². The number of rotatable bonds is 9. The molecule has 2 aromatic rings. The van der Waals surface area contributed by atoms with E-state index in [-0.39, 0.29) is 5.92 Å². The van der Waals surface area contributed by atoms with Gasteiger partial charge in [-0.05, 0) is 37.9 Å². The zero-order chi connectivity index (χ0) is 17.6. The molecular weight excluding hydrogens is 300 g/mol. The maximum absolute atomic E-state index is 10.8. The highest BCUT2D eigenvalue weighted by atomic mass is 16.4. The van der Waals surface area contributed by atoms with Crippen molar-refractivity contribution in [2.24, 2.45) is 11.7 Å². The third-order valence-corrected chi connectivity index (χ3v) is 4.02. The number of unbranched alkanes of at least 4 members (excludes halogenated alkanes) is 3. The molecule has 24 heavy (non-hydrogen) atoms. The van der Waals surface area contributed by atoms with Gasteiger partial charge in [-0.2, -0.15) is 0 Å². The number of hydrogen-bond acceptors (Lipinski definition) is 3. The molecule has 132 valence electrons. The standard InChI is InChI=1S/C11H23NO2.C9H7N/c1-2-3-4-5-7-10(11(13)14)8-6-9-12;1-2-6-9-8(4-1)5-3-7-10-9/h10H,2-9,12H2,1H3,(H,13,14);1-7H. The third kappa shape index (κ3) is 8.06. The molecule has 1 aromatic heterocycles. The summed E-state index contributed by atoms with van der Waals surface area (Å²) in [5, 5.41) is 10.1. The lowest BCUT2D eigenvalue weighted by Gasteiger charge is -2.10. The van der Waals surface area contributed by atoms with Crippen LogP contribution in [0, 0.1) is 5.92 Å². The molecule has 3 N–H and O–H groups in total. The number of nitrogens with two attached hydrogens (primary N) is 1. The Morgan fingerprint density at radius 3 is 2.46 bits per heavy atom. The molecule has 0 amide bonds. The summed E-state index contributed by atoms with van der Waals surface area (Å²) in [5.74, 6) is -0.828. The minimum atomic E-state index is -0.657. The van der Waals surface area contributed by atoms with Crippen molar-refractivity contribution < 1.29 is 9.90 Å². The predicted octanol–water partition coefficient (Wildman–Crippen LogP) is 4.63. The second kappa shape index (κ2) is 12.5. The molecule has 1 heterocycles. The van der Waals surface area contributed by atoms with Crippen LogP contribution in [-0.4, -0.2) is 22.6 Å². The quantitative estimate of drug-likeness (QED) is 0.657. The number of aromatic nitrogens is 1. The van der Waals surface area contributed by atoms with Gasteiger partial charge in [0.15, 0.2) is 0 Å². The van der Waals surface area contributed by atoms with Crippen LogP contribution in [0.3, 0.4) is 0 Å². The zero-order valence-corrected chi connectivity index (χ0v) is 14.7. The number of carboxylic acid groups (broad SMARTS) is 1. The zero-order valence-electron chi connectivity index (χ0n) is 14.7. The van der Waals surface area contributed by atoms with Gasteiger partial charge in [-0.1, -0.05) is 56.9 Å². The van der Waals surface area contributed by atoms with Gasteiger partial charge in [0.1, 0.15) is 0 Å². The number of benzene rings is 1. The Balaban J connectivity index is 0.000000250. The Morgan fingerprint density at radius 1 is 1.08 bits per heavy atom. The fourth-order valence-electron chi connectivity index (χ4n) is 2.59. The van der Waals surface area contributed by atoms with Gasteiger partial charge in [0.25, 0.3) is 0 Å². The highest BCUT2D eigenvalue weighted by molar-refractivity contribution is 5.77. The summed E-state index contributed by atoms with van der Waals surface area (Å²) in [5.41, 5.74) is 6.42. The van der Waals surface area contributed by atoms with E-state index in [1.165, 1.54) is 18.2 Å². The molecule has 0 fully saturated rings. The van der Waals surface area contributed by atoms with Gasteiger partial charge >= 0.3 is 5.97 Å². The highest BCUT2D eigenvalue weighted by Crippen LogP contribution is 2.16. The number of carboxylic acids is 1. The highest BCUT2D eigenvalue weighted by Gasteiger charge is 2.15. The van der Waals surface area contributed by atoms with Gasteiger partial charge in [-0.3, -0.25) is 9.78 Å². The maximum Gasteiger partial charge on any atom is 0.306 e. The van der Waals surface area contributed by atoms with Crippen molar-refractivity contribution in [1.29, 1.82) is 0 Å². The molecule has 0 spiro atoms. The van der Waals surface area contributed by atoms with Crippen LogP contribution in [0.25, 0.3) is 10.9 Å². The molecule has 0 saturated carbocycles. The van der Waals surface area contributed by atoms with Crippen molar-refractivity contribution in [3.8, 4) is 0 Å². The average Bonchev–Trinajstić information content (AvgIpc) is 2.61. The van der Waals surface area contributed by atoms with Crippen LogP contribution in [0.4, 0.5) is 0 Å². The summed E-state index contributed by atoms with van der Waals surface area (Å²) < 4.78 is 0. The molecule has 0 aliphatic heterocycles. The van der Waals surface area contributed by atoms with Crippen LogP contribution in [0.5, 0.6) is 0 Å². The summed E-state index contributed by atoms with van der Waals surface area (Å²) in [4.78, 5) is 15.0. The fraction of sp³-hybridized carbons (Fsp3) is 0.500. The van der Waals surface area contributed by atoms with Crippen LogP contribution < -0.4 is 5.73 Å². The SMILES string of the molecule is CCCCCCC(CCCN)C(=O)O.c1ccc2ncccc2c1. The number of para-hydroxylation sites is 1. The molecule has 0 aliphatic rings. The van der Waals surface area contributed by atoms with Gasteiger partial charge in [-0.15, -0.1) is 0 Å². The first kappa shape index (κ1) is 20.1. The van der Waals surface area contributed by atoms with E-state index >= 15 is 0 Å². The van der Waals surface area contributed by atoms with Crippen molar-refractivity contribution in [2.75, 3.05) is 6.54 Å². The number of pyridine rings is 1. The fourth-order valence-corrected chi connectivity index (χ4v) is 2.59. The molecule has 4 heteroatoms. The Kier molecular flexibility index (Phi) is 10.5. The van der Waals surface area contributed by atoms with Crippen molar-refractivity contribution in [3.05, 3.63) is 42.6 Å². The molecule has 1 unspecified atom stereocenters. The molecule has 0 aliphatic carbocycles. The minimum Gasteiger partial charge on any atom is -0.481 e. The van der Waals surface area contributed by atoms with Gasteiger partial charge in [-0.25, -0.2) is 0 Å². The van der Waals surface area contributed by atoms with Crippen LogP contribution in [-0.2, 0) is 4.79 Å². The summed E-state index contributed by atoms with van der Waals surface area (Å²) in [7, 11) is 0. The second-order valence-electron chi connectivity index (χ2n) is 6.01. The van der Waals surface area contributed by atoms with Crippen molar-refractivity contribution in [1.82, 2.24) is 4.98 Å². The average molecular weight is 330 g/mol. The second-order valence-corrected chi connectivity index (χ2v) is 6.01. The van der Waals surface area contributed by atoms with E-state index < -0.39 is 5.97 Å². The van der Waals surface area contributed by atoms with Crippen LogP contribution >= 0.6 is 0 Å². The first-order chi connectivity index (χ1) is 11.7. The predicted molar refractivity (Wildman–Crippen MR) is 99.9 cm³/mol. The van der Waals surface area contributed by atoms with E-state index in [0.717, 1.165) is 37.6 Å².